The molecule has 0 atom stereocenters. The molecule has 5 heteroatoms. The third kappa shape index (κ3) is 2.60. The summed E-state index contributed by atoms with van der Waals surface area (Å²) in [6, 6.07) is 29.4. The van der Waals surface area contributed by atoms with E-state index in [1.54, 1.807) is 24.3 Å². The maximum Gasteiger partial charge on any atom is 0.340 e. The summed E-state index contributed by atoms with van der Waals surface area (Å²) in [5.41, 5.74) is 2.84. The van der Waals surface area contributed by atoms with Gasteiger partial charge < -0.3 is 19.7 Å². The van der Waals surface area contributed by atoms with E-state index in [1.807, 2.05) is 60.7 Å². The predicted octanol–water partition coefficient (Wildman–Crippen LogP) is 6.49. The number of ether oxygens (including phenoxy) is 2. The molecule has 35 heavy (non-hydrogen) atoms. The van der Waals surface area contributed by atoms with Crippen LogP contribution in [0.2, 0.25) is 0 Å². The average Bonchev–Trinajstić information content (AvgIpc) is 3.16. The average molecular weight is 458 g/mol. The van der Waals surface area contributed by atoms with Crippen molar-refractivity contribution in [3.8, 4) is 34.1 Å². The van der Waals surface area contributed by atoms with Gasteiger partial charge in [0.25, 0.3) is 0 Å². The molecule has 5 aromatic carbocycles. The summed E-state index contributed by atoms with van der Waals surface area (Å²) in [4.78, 5) is 13.7. The fourth-order valence-electron chi connectivity index (χ4n) is 5.43. The summed E-state index contributed by atoms with van der Waals surface area (Å²) < 4.78 is 12.3. The Morgan fingerprint density at radius 1 is 0.629 bits per heavy atom. The number of carbonyl (C=O) groups is 1. The second-order valence-electron chi connectivity index (χ2n) is 8.79. The van der Waals surface area contributed by atoms with Crippen molar-refractivity contribution >= 4 is 16.7 Å². The number of phenols is 2. The molecule has 0 aliphatic carbocycles. The van der Waals surface area contributed by atoms with Crippen LogP contribution < -0.4 is 4.74 Å². The smallest absolute Gasteiger partial charge is 0.340 e. The van der Waals surface area contributed by atoms with E-state index in [2.05, 4.69) is 0 Å². The van der Waals surface area contributed by atoms with Crippen molar-refractivity contribution in [1.29, 1.82) is 0 Å². The fourth-order valence-corrected chi connectivity index (χ4v) is 5.43. The lowest BCUT2D eigenvalue weighted by Gasteiger charge is -2.36. The van der Waals surface area contributed by atoms with Crippen molar-refractivity contribution in [3.05, 3.63) is 119 Å². The molecule has 0 bridgehead atoms. The standard InChI is InChI=1S/C30H18O5/c31-18-11-13-23-26(15-18)34-27-16-19(32)12-14-24(27)30(23)25-10-4-9-22(28(25)29(33)35-30)21-8-3-6-17-5-1-2-7-20(17)21/h1-16,31-32H. The van der Waals surface area contributed by atoms with Crippen molar-refractivity contribution in [1.82, 2.24) is 0 Å². The highest BCUT2D eigenvalue weighted by molar-refractivity contribution is 6.07. The number of rotatable bonds is 1. The van der Waals surface area contributed by atoms with Crippen molar-refractivity contribution in [2.75, 3.05) is 0 Å². The molecule has 5 aromatic rings. The van der Waals surface area contributed by atoms with Crippen LogP contribution in [0.3, 0.4) is 0 Å². The summed E-state index contributed by atoms with van der Waals surface area (Å²) in [5.74, 6) is 0.329. The van der Waals surface area contributed by atoms with Crippen LogP contribution in [-0.2, 0) is 10.3 Å². The first-order chi connectivity index (χ1) is 17.1. The topological polar surface area (TPSA) is 76.0 Å². The molecule has 0 saturated heterocycles. The number of hydrogen-bond acceptors (Lipinski definition) is 5. The summed E-state index contributed by atoms with van der Waals surface area (Å²) in [5, 5.41) is 22.4. The van der Waals surface area contributed by atoms with Crippen LogP contribution >= 0.6 is 0 Å². The van der Waals surface area contributed by atoms with Crippen LogP contribution in [0.1, 0.15) is 27.0 Å². The van der Waals surface area contributed by atoms with Gasteiger partial charge in [0.2, 0.25) is 0 Å². The van der Waals surface area contributed by atoms with E-state index < -0.39 is 11.6 Å². The molecule has 2 N–H and O–H groups in total. The Balaban J connectivity index is 1.57. The lowest BCUT2D eigenvalue weighted by molar-refractivity contribution is 0.0224. The number of fused-ring (bicyclic) bond motifs is 7. The molecule has 2 heterocycles. The first-order valence-electron chi connectivity index (χ1n) is 11.3. The van der Waals surface area contributed by atoms with Gasteiger partial charge in [-0.15, -0.1) is 0 Å². The highest BCUT2D eigenvalue weighted by Crippen LogP contribution is 2.58. The molecule has 0 aromatic heterocycles. The second kappa shape index (κ2) is 6.87. The van der Waals surface area contributed by atoms with Gasteiger partial charge in [-0.1, -0.05) is 60.7 Å². The Hall–Kier alpha value is -4.77. The molecule has 0 fully saturated rings. The third-order valence-corrected chi connectivity index (χ3v) is 6.88. The van der Waals surface area contributed by atoms with Gasteiger partial charge in [-0.05, 0) is 46.2 Å². The zero-order valence-corrected chi connectivity index (χ0v) is 18.4. The molecule has 0 saturated carbocycles. The Morgan fingerprint density at radius 2 is 1.26 bits per heavy atom. The quantitative estimate of drug-likeness (QED) is 0.281. The van der Waals surface area contributed by atoms with Crippen molar-refractivity contribution < 1.29 is 24.5 Å². The molecule has 2 aliphatic rings. The molecular weight excluding hydrogens is 440 g/mol. The zero-order valence-electron chi connectivity index (χ0n) is 18.4. The molecule has 0 amide bonds. The second-order valence-corrected chi connectivity index (χ2v) is 8.79. The highest BCUT2D eigenvalue weighted by Gasteiger charge is 2.54. The van der Waals surface area contributed by atoms with Gasteiger partial charge in [-0.25, -0.2) is 4.79 Å². The van der Waals surface area contributed by atoms with E-state index in [4.69, 9.17) is 9.47 Å². The fraction of sp³-hybridized carbons (Fsp3) is 0.0333. The molecular formula is C30H18O5. The maximum atomic E-state index is 13.7. The van der Waals surface area contributed by atoms with Crippen LogP contribution in [0.4, 0.5) is 0 Å². The zero-order chi connectivity index (χ0) is 23.7. The minimum atomic E-state index is -1.28. The van der Waals surface area contributed by atoms with E-state index in [0.29, 0.717) is 33.8 Å². The minimum Gasteiger partial charge on any atom is -0.508 e. The summed E-state index contributed by atoms with van der Waals surface area (Å²) in [7, 11) is 0. The Labute approximate surface area is 200 Å². The Bertz CT molecular complexity index is 1640. The lowest BCUT2D eigenvalue weighted by atomic mass is 9.76. The summed E-state index contributed by atoms with van der Waals surface area (Å²) >= 11 is 0. The number of phenolic OH excluding ortho intramolecular Hbond substituents is 2. The number of aromatic hydroxyl groups is 2. The molecule has 168 valence electrons. The molecule has 0 unspecified atom stereocenters. The monoisotopic (exact) mass is 458 g/mol. The molecule has 1 spiro atoms. The SMILES string of the molecule is O=C1OC2(c3ccc(O)cc3Oc3cc(O)ccc32)c2cccc(-c3cccc4ccccc34)c21. The van der Waals surface area contributed by atoms with E-state index in [9.17, 15) is 15.0 Å². The van der Waals surface area contributed by atoms with Crippen LogP contribution in [0.25, 0.3) is 21.9 Å². The van der Waals surface area contributed by atoms with Gasteiger partial charge in [0.05, 0.1) is 5.56 Å². The normalized spacial score (nSPS) is 14.7. The van der Waals surface area contributed by atoms with Crippen LogP contribution in [-0.4, -0.2) is 16.2 Å². The lowest BCUT2D eigenvalue weighted by Crippen LogP contribution is -2.32. The van der Waals surface area contributed by atoms with Gasteiger partial charge in [0.1, 0.15) is 23.0 Å². The first-order valence-corrected chi connectivity index (χ1v) is 11.3. The van der Waals surface area contributed by atoms with E-state index in [0.717, 1.165) is 21.9 Å². The number of carbonyl (C=O) groups excluding carboxylic acids is 1. The van der Waals surface area contributed by atoms with E-state index >= 15 is 0 Å². The van der Waals surface area contributed by atoms with Gasteiger partial charge in [0, 0.05) is 28.8 Å². The summed E-state index contributed by atoms with van der Waals surface area (Å²) in [6.45, 7) is 0. The van der Waals surface area contributed by atoms with Crippen LogP contribution in [0, 0.1) is 0 Å². The van der Waals surface area contributed by atoms with Crippen molar-refractivity contribution in [3.63, 3.8) is 0 Å². The van der Waals surface area contributed by atoms with E-state index in [-0.39, 0.29) is 11.5 Å². The molecule has 5 nitrogen and oxygen atoms in total. The Kier molecular flexibility index (Phi) is 3.86. The predicted molar refractivity (Wildman–Crippen MR) is 131 cm³/mol. The molecule has 7 rings (SSSR count). The largest absolute Gasteiger partial charge is 0.508 e. The van der Waals surface area contributed by atoms with Crippen molar-refractivity contribution in [2.45, 2.75) is 5.60 Å². The number of benzene rings is 5. The number of esters is 1. The van der Waals surface area contributed by atoms with Gasteiger partial charge in [-0.2, -0.15) is 0 Å². The molecule has 0 radical (unpaired) electrons. The van der Waals surface area contributed by atoms with Crippen LogP contribution in [0.15, 0.2) is 97.1 Å². The minimum absolute atomic E-state index is 0.0246. The third-order valence-electron chi connectivity index (χ3n) is 6.88. The summed E-state index contributed by atoms with van der Waals surface area (Å²) in [6.07, 6.45) is 0. The van der Waals surface area contributed by atoms with E-state index in [1.165, 1.54) is 12.1 Å². The van der Waals surface area contributed by atoms with Crippen molar-refractivity contribution in [2.24, 2.45) is 0 Å². The maximum absolute atomic E-state index is 13.7. The van der Waals surface area contributed by atoms with Gasteiger partial charge >= 0.3 is 5.97 Å². The van der Waals surface area contributed by atoms with Gasteiger partial charge in [0.15, 0.2) is 5.60 Å². The first kappa shape index (κ1) is 19.7. The van der Waals surface area contributed by atoms with Gasteiger partial charge in [-0.3, -0.25) is 0 Å². The van der Waals surface area contributed by atoms with Crippen LogP contribution in [0.5, 0.6) is 23.0 Å². The molecule has 2 aliphatic heterocycles. The number of hydrogen-bond donors (Lipinski definition) is 2. The Morgan fingerprint density at radius 3 is 2.00 bits per heavy atom. The highest BCUT2D eigenvalue weighted by atomic mass is 16.6.